The molecule has 9 aromatic carbocycles. The van der Waals surface area contributed by atoms with Crippen LogP contribution in [0.1, 0.15) is 0 Å². The van der Waals surface area contributed by atoms with Crippen molar-refractivity contribution in [1.29, 1.82) is 0 Å². The van der Waals surface area contributed by atoms with Crippen molar-refractivity contribution in [2.45, 2.75) is 0 Å². The quantitative estimate of drug-likeness (QED) is 0.164. The SMILES string of the molecule is c1ccc(-c2cccc(N(c3ccc(-c4cc5sc6ccccc6c5c5ccccc45)cc3)c3ccc(-c4cccc5c4sc4ccccc45)cc3)c2)cc1. The summed E-state index contributed by atoms with van der Waals surface area (Å²) in [5.41, 5.74) is 10.7. The van der Waals surface area contributed by atoms with E-state index in [4.69, 9.17) is 0 Å². The average Bonchev–Trinajstić information content (AvgIpc) is 3.83. The largest absolute Gasteiger partial charge is 0.310 e. The van der Waals surface area contributed by atoms with Crippen LogP contribution in [0.25, 0.3) is 84.5 Å². The van der Waals surface area contributed by atoms with Crippen LogP contribution in [0.3, 0.4) is 0 Å². The van der Waals surface area contributed by atoms with E-state index in [1.54, 1.807) is 0 Å². The first-order chi connectivity index (χ1) is 27.3. The molecule has 0 N–H and O–H groups in total. The van der Waals surface area contributed by atoms with Crippen LogP contribution in [-0.4, -0.2) is 0 Å². The van der Waals surface area contributed by atoms with Gasteiger partial charge in [-0.05, 0) is 98.8 Å². The molecule has 0 aliphatic carbocycles. The molecule has 0 saturated heterocycles. The first-order valence-corrected chi connectivity index (χ1v) is 20.3. The molecular weight excluding hydrogens is 703 g/mol. The molecule has 11 rings (SSSR count). The van der Waals surface area contributed by atoms with Crippen molar-refractivity contribution < 1.29 is 0 Å². The third-order valence-corrected chi connectivity index (χ3v) is 13.2. The molecule has 0 aliphatic rings. The second-order valence-corrected chi connectivity index (χ2v) is 16.2. The topological polar surface area (TPSA) is 3.24 Å². The monoisotopic (exact) mass is 735 g/mol. The fourth-order valence-electron chi connectivity index (χ4n) is 8.28. The Morgan fingerprint density at radius 1 is 0.291 bits per heavy atom. The number of nitrogens with zero attached hydrogens (tertiary/aromatic N) is 1. The Labute approximate surface area is 327 Å². The van der Waals surface area contributed by atoms with Gasteiger partial charge in [0.05, 0.1) is 0 Å². The van der Waals surface area contributed by atoms with Crippen LogP contribution in [0.2, 0.25) is 0 Å². The Morgan fingerprint density at radius 3 is 1.60 bits per heavy atom. The maximum atomic E-state index is 2.40. The number of hydrogen-bond acceptors (Lipinski definition) is 3. The highest BCUT2D eigenvalue weighted by Crippen LogP contribution is 2.45. The zero-order chi connectivity index (χ0) is 36.3. The molecule has 2 aromatic heterocycles. The van der Waals surface area contributed by atoms with Crippen LogP contribution < -0.4 is 4.90 Å². The molecule has 11 aromatic rings. The van der Waals surface area contributed by atoms with Crippen molar-refractivity contribution >= 4 is 90.9 Å². The van der Waals surface area contributed by atoms with Gasteiger partial charge in [-0.15, -0.1) is 22.7 Å². The molecule has 55 heavy (non-hydrogen) atoms. The van der Waals surface area contributed by atoms with Crippen LogP contribution in [0.4, 0.5) is 17.1 Å². The summed E-state index contributed by atoms with van der Waals surface area (Å²) in [6.45, 7) is 0. The predicted molar refractivity (Wildman–Crippen MR) is 241 cm³/mol. The second kappa shape index (κ2) is 13.1. The van der Waals surface area contributed by atoms with Crippen molar-refractivity contribution in [3.63, 3.8) is 0 Å². The van der Waals surface area contributed by atoms with E-state index < -0.39 is 0 Å². The Bertz CT molecular complexity index is 3190. The fourth-order valence-corrected chi connectivity index (χ4v) is 10.7. The van der Waals surface area contributed by atoms with Gasteiger partial charge in [0.15, 0.2) is 0 Å². The van der Waals surface area contributed by atoms with E-state index in [1.807, 2.05) is 22.7 Å². The fraction of sp³-hybridized carbons (Fsp3) is 0. The zero-order valence-electron chi connectivity index (χ0n) is 29.8. The van der Waals surface area contributed by atoms with Gasteiger partial charge >= 0.3 is 0 Å². The highest BCUT2D eigenvalue weighted by molar-refractivity contribution is 7.26. The molecule has 0 atom stereocenters. The van der Waals surface area contributed by atoms with E-state index in [0.717, 1.165) is 17.1 Å². The molecule has 0 unspecified atom stereocenters. The Kier molecular flexibility index (Phi) is 7.61. The standard InChI is InChI=1S/C52H33NS2/c1-2-12-34(13-3-1)37-14-10-15-40(32-37)53(38-28-24-35(25-29-38)41-20-11-21-45-43-17-6-8-22-48(43)55-52(41)45)39-30-26-36(27-31-39)47-33-50-51(44-18-5-4-16-42(44)47)46-19-7-9-23-49(46)54-50/h1-33H. The van der Waals surface area contributed by atoms with E-state index in [0.29, 0.717) is 0 Å². The molecule has 3 heteroatoms. The van der Waals surface area contributed by atoms with Gasteiger partial charge in [-0.2, -0.15) is 0 Å². The average molecular weight is 736 g/mol. The number of hydrogen-bond donors (Lipinski definition) is 0. The highest BCUT2D eigenvalue weighted by atomic mass is 32.1. The van der Waals surface area contributed by atoms with Crippen molar-refractivity contribution in [3.05, 3.63) is 200 Å². The molecule has 0 aliphatic heterocycles. The summed E-state index contributed by atoms with van der Waals surface area (Å²) in [7, 11) is 0. The van der Waals surface area contributed by atoms with Crippen LogP contribution >= 0.6 is 22.7 Å². The molecule has 2 heterocycles. The van der Waals surface area contributed by atoms with Crippen molar-refractivity contribution in [1.82, 2.24) is 0 Å². The van der Waals surface area contributed by atoms with E-state index >= 15 is 0 Å². The number of rotatable bonds is 6. The molecule has 258 valence electrons. The van der Waals surface area contributed by atoms with Crippen molar-refractivity contribution in [3.8, 4) is 33.4 Å². The maximum Gasteiger partial charge on any atom is 0.0467 e. The van der Waals surface area contributed by atoms with Crippen molar-refractivity contribution in [2.75, 3.05) is 4.90 Å². The normalized spacial score (nSPS) is 11.6. The van der Waals surface area contributed by atoms with Gasteiger partial charge in [0.1, 0.15) is 0 Å². The number of thiophene rings is 2. The summed E-state index contributed by atoms with van der Waals surface area (Å²) in [5.74, 6) is 0. The molecule has 0 saturated carbocycles. The molecule has 0 bridgehead atoms. The molecule has 0 fully saturated rings. The first kappa shape index (κ1) is 32.0. The minimum atomic E-state index is 1.11. The summed E-state index contributed by atoms with van der Waals surface area (Å²) in [4.78, 5) is 2.38. The van der Waals surface area contributed by atoms with Gasteiger partial charge in [-0.3, -0.25) is 0 Å². The minimum absolute atomic E-state index is 1.11. The van der Waals surface area contributed by atoms with Gasteiger partial charge in [0.2, 0.25) is 0 Å². The van der Waals surface area contributed by atoms with Crippen LogP contribution in [0.5, 0.6) is 0 Å². The molecular formula is C52H33NS2. The third-order valence-electron chi connectivity index (χ3n) is 10.9. The zero-order valence-corrected chi connectivity index (χ0v) is 31.4. The minimum Gasteiger partial charge on any atom is -0.310 e. The van der Waals surface area contributed by atoms with Gasteiger partial charge in [0, 0.05) is 57.4 Å². The van der Waals surface area contributed by atoms with Crippen LogP contribution in [0.15, 0.2) is 200 Å². The van der Waals surface area contributed by atoms with Gasteiger partial charge in [0.25, 0.3) is 0 Å². The van der Waals surface area contributed by atoms with E-state index in [2.05, 4.69) is 205 Å². The lowest BCUT2D eigenvalue weighted by Crippen LogP contribution is -2.10. The number of benzene rings is 9. The first-order valence-electron chi connectivity index (χ1n) is 18.7. The van der Waals surface area contributed by atoms with E-state index in [9.17, 15) is 0 Å². The highest BCUT2D eigenvalue weighted by Gasteiger charge is 2.17. The third kappa shape index (κ3) is 5.43. The second-order valence-electron chi connectivity index (χ2n) is 14.1. The summed E-state index contributed by atoms with van der Waals surface area (Å²) < 4.78 is 5.31. The molecule has 0 radical (unpaired) electrons. The van der Waals surface area contributed by atoms with Crippen molar-refractivity contribution in [2.24, 2.45) is 0 Å². The molecule has 0 amide bonds. The van der Waals surface area contributed by atoms with E-state index in [-0.39, 0.29) is 0 Å². The molecule has 0 spiro atoms. The Hall–Kier alpha value is -6.52. The Morgan fingerprint density at radius 2 is 0.855 bits per heavy atom. The predicted octanol–water partition coefficient (Wildman–Crippen LogP) is 16.0. The number of anilines is 3. The van der Waals surface area contributed by atoms with Crippen LogP contribution in [-0.2, 0) is 0 Å². The molecule has 1 nitrogen and oxygen atoms in total. The van der Waals surface area contributed by atoms with Gasteiger partial charge < -0.3 is 4.90 Å². The van der Waals surface area contributed by atoms with Crippen LogP contribution in [0, 0.1) is 0 Å². The summed E-state index contributed by atoms with van der Waals surface area (Å²) >= 11 is 3.76. The van der Waals surface area contributed by atoms with Gasteiger partial charge in [-0.25, -0.2) is 0 Å². The summed E-state index contributed by atoms with van der Waals surface area (Å²) in [6.07, 6.45) is 0. The smallest absolute Gasteiger partial charge is 0.0467 e. The summed E-state index contributed by atoms with van der Waals surface area (Å²) in [6, 6.07) is 73.3. The Balaban J connectivity index is 1.03. The van der Waals surface area contributed by atoms with Gasteiger partial charge in [-0.1, -0.05) is 146 Å². The maximum absolute atomic E-state index is 2.40. The lowest BCUT2D eigenvalue weighted by molar-refractivity contribution is 1.28. The lowest BCUT2D eigenvalue weighted by Gasteiger charge is -2.26. The summed E-state index contributed by atoms with van der Waals surface area (Å²) in [5, 5.41) is 7.92. The number of fused-ring (bicyclic) bond motifs is 8. The van der Waals surface area contributed by atoms with E-state index in [1.165, 1.54) is 84.5 Å². The lowest BCUT2D eigenvalue weighted by atomic mass is 9.95.